The fourth-order valence-electron chi connectivity index (χ4n) is 1.87. The van der Waals surface area contributed by atoms with Gasteiger partial charge >= 0.3 is 0 Å². The van der Waals surface area contributed by atoms with Gasteiger partial charge in [-0.2, -0.15) is 0 Å². The van der Waals surface area contributed by atoms with E-state index in [2.05, 4.69) is 0 Å². The van der Waals surface area contributed by atoms with Crippen LogP contribution in [0.5, 0.6) is 11.5 Å². The molecule has 0 bridgehead atoms. The van der Waals surface area contributed by atoms with E-state index in [-0.39, 0.29) is 0 Å². The molecule has 0 spiro atoms. The van der Waals surface area contributed by atoms with Crippen molar-refractivity contribution in [3.8, 4) is 11.5 Å². The third-order valence-electron chi connectivity index (χ3n) is 2.72. The van der Waals surface area contributed by atoms with Crippen LogP contribution in [-0.2, 0) is 6.42 Å². The maximum absolute atomic E-state index is 6.29. The van der Waals surface area contributed by atoms with Crippen LogP contribution in [0.2, 0.25) is 5.02 Å². The Labute approximate surface area is 100 Å². The summed E-state index contributed by atoms with van der Waals surface area (Å²) in [5.41, 5.74) is 7.56. The minimum atomic E-state index is 0.590. The van der Waals surface area contributed by atoms with Gasteiger partial charge in [-0.3, -0.25) is 0 Å². The predicted octanol–water partition coefficient (Wildman–Crippen LogP) is 2.31. The molecule has 3 nitrogen and oxygen atoms in total. The molecular weight excluding hydrogens is 226 g/mol. The van der Waals surface area contributed by atoms with Crippen molar-refractivity contribution in [1.82, 2.24) is 0 Å². The summed E-state index contributed by atoms with van der Waals surface area (Å²) < 4.78 is 11.1. The highest BCUT2D eigenvalue weighted by atomic mass is 35.5. The molecule has 1 aromatic rings. The van der Waals surface area contributed by atoms with Crippen LogP contribution >= 0.6 is 11.6 Å². The molecule has 88 valence electrons. The summed E-state index contributed by atoms with van der Waals surface area (Å²) in [5, 5.41) is 0.776. The lowest BCUT2D eigenvalue weighted by Gasteiger charge is -2.22. The van der Waals surface area contributed by atoms with Gasteiger partial charge in [0.25, 0.3) is 0 Å². The molecule has 0 atom stereocenters. The Balaban J connectivity index is 2.36. The highest BCUT2D eigenvalue weighted by Gasteiger charge is 2.19. The molecule has 4 heteroatoms. The van der Waals surface area contributed by atoms with Gasteiger partial charge in [-0.25, -0.2) is 0 Å². The average molecular weight is 242 g/mol. The number of ether oxygens (including phenoxy) is 2. The van der Waals surface area contributed by atoms with Crippen LogP contribution in [-0.4, -0.2) is 19.8 Å². The van der Waals surface area contributed by atoms with Crippen molar-refractivity contribution >= 4 is 11.6 Å². The molecule has 1 aliphatic heterocycles. The topological polar surface area (TPSA) is 44.5 Å². The third kappa shape index (κ3) is 2.11. The van der Waals surface area contributed by atoms with Crippen molar-refractivity contribution in [3.63, 3.8) is 0 Å². The number of nitrogens with two attached hydrogens (primary N) is 1. The zero-order chi connectivity index (χ0) is 11.5. The maximum Gasteiger partial charge on any atom is 0.165 e. The number of halogens is 1. The molecule has 0 fully saturated rings. The van der Waals surface area contributed by atoms with Gasteiger partial charge in [0, 0.05) is 5.56 Å². The number of hydrogen-bond donors (Lipinski definition) is 1. The SMILES string of the molecule is Cc1c(Cl)c(CCCN)cc2c1OCCO2. The van der Waals surface area contributed by atoms with Gasteiger partial charge in [0.05, 0.1) is 5.02 Å². The van der Waals surface area contributed by atoms with Crippen molar-refractivity contribution in [2.24, 2.45) is 5.73 Å². The first-order chi connectivity index (χ1) is 7.74. The summed E-state index contributed by atoms with van der Waals surface area (Å²) in [4.78, 5) is 0. The molecule has 0 saturated heterocycles. The first-order valence-corrected chi connectivity index (χ1v) is 5.89. The Bertz CT molecular complexity index is 393. The predicted molar refractivity (Wildman–Crippen MR) is 64.6 cm³/mol. The van der Waals surface area contributed by atoms with Gasteiger partial charge in [-0.05, 0) is 37.9 Å². The van der Waals surface area contributed by atoms with Gasteiger partial charge in [0.15, 0.2) is 11.5 Å². The van der Waals surface area contributed by atoms with Crippen molar-refractivity contribution in [2.45, 2.75) is 19.8 Å². The standard InChI is InChI=1S/C12H16ClNO2/c1-8-11(13)9(3-2-4-14)7-10-12(8)16-6-5-15-10/h7H,2-6,14H2,1H3. The van der Waals surface area contributed by atoms with Crippen LogP contribution in [0.4, 0.5) is 0 Å². The van der Waals surface area contributed by atoms with E-state index in [1.165, 1.54) is 0 Å². The number of hydrogen-bond acceptors (Lipinski definition) is 3. The van der Waals surface area contributed by atoms with Crippen LogP contribution in [0, 0.1) is 6.92 Å². The first-order valence-electron chi connectivity index (χ1n) is 5.51. The fourth-order valence-corrected chi connectivity index (χ4v) is 2.10. The number of rotatable bonds is 3. The summed E-state index contributed by atoms with van der Waals surface area (Å²) in [7, 11) is 0. The Morgan fingerprint density at radius 3 is 2.88 bits per heavy atom. The molecule has 2 N–H and O–H groups in total. The molecule has 1 heterocycles. The summed E-state index contributed by atoms with van der Waals surface area (Å²) in [6, 6.07) is 1.97. The van der Waals surface area contributed by atoms with Crippen LogP contribution in [0.3, 0.4) is 0 Å². The van der Waals surface area contributed by atoms with E-state index in [0.29, 0.717) is 19.8 Å². The Hall–Kier alpha value is -0.930. The highest BCUT2D eigenvalue weighted by Crippen LogP contribution is 2.40. The summed E-state index contributed by atoms with van der Waals surface area (Å²) >= 11 is 6.29. The quantitative estimate of drug-likeness (QED) is 0.883. The molecule has 1 aromatic carbocycles. The van der Waals surface area contributed by atoms with Gasteiger partial charge in [-0.15, -0.1) is 0 Å². The minimum Gasteiger partial charge on any atom is -0.486 e. The van der Waals surface area contributed by atoms with E-state index in [4.69, 9.17) is 26.8 Å². The molecule has 0 aromatic heterocycles. The molecule has 0 aliphatic carbocycles. The summed E-state index contributed by atoms with van der Waals surface area (Å²) in [6.45, 7) is 3.82. The summed E-state index contributed by atoms with van der Waals surface area (Å²) in [5.74, 6) is 1.59. The number of benzene rings is 1. The van der Waals surface area contributed by atoms with Crippen LogP contribution in [0.15, 0.2) is 6.07 Å². The normalized spacial score (nSPS) is 13.9. The zero-order valence-electron chi connectivity index (χ0n) is 9.38. The lowest BCUT2D eigenvalue weighted by molar-refractivity contribution is 0.170. The lowest BCUT2D eigenvalue weighted by Crippen LogP contribution is -2.16. The van der Waals surface area contributed by atoms with E-state index in [0.717, 1.165) is 40.5 Å². The van der Waals surface area contributed by atoms with E-state index < -0.39 is 0 Å². The minimum absolute atomic E-state index is 0.590. The molecule has 0 amide bonds. The molecule has 16 heavy (non-hydrogen) atoms. The maximum atomic E-state index is 6.29. The van der Waals surface area contributed by atoms with E-state index in [9.17, 15) is 0 Å². The van der Waals surface area contributed by atoms with Crippen molar-refractivity contribution in [1.29, 1.82) is 0 Å². The van der Waals surface area contributed by atoms with Gasteiger partial charge in [0.1, 0.15) is 13.2 Å². The van der Waals surface area contributed by atoms with Gasteiger partial charge in [0.2, 0.25) is 0 Å². The second kappa shape index (κ2) is 4.93. The largest absolute Gasteiger partial charge is 0.486 e. The lowest BCUT2D eigenvalue weighted by atomic mass is 10.0. The Morgan fingerprint density at radius 2 is 2.12 bits per heavy atom. The van der Waals surface area contributed by atoms with E-state index >= 15 is 0 Å². The molecule has 0 radical (unpaired) electrons. The molecule has 0 unspecified atom stereocenters. The second-order valence-electron chi connectivity index (χ2n) is 3.89. The second-order valence-corrected chi connectivity index (χ2v) is 4.27. The van der Waals surface area contributed by atoms with Crippen molar-refractivity contribution in [2.75, 3.05) is 19.8 Å². The zero-order valence-corrected chi connectivity index (χ0v) is 10.1. The molecule has 2 rings (SSSR count). The van der Waals surface area contributed by atoms with E-state index in [1.54, 1.807) is 0 Å². The highest BCUT2D eigenvalue weighted by molar-refractivity contribution is 6.32. The molecule has 0 saturated carbocycles. The third-order valence-corrected chi connectivity index (χ3v) is 3.24. The van der Waals surface area contributed by atoms with E-state index in [1.807, 2.05) is 13.0 Å². The van der Waals surface area contributed by atoms with Crippen LogP contribution < -0.4 is 15.2 Å². The van der Waals surface area contributed by atoms with Gasteiger partial charge in [-0.1, -0.05) is 11.6 Å². The number of fused-ring (bicyclic) bond motifs is 1. The Morgan fingerprint density at radius 1 is 1.38 bits per heavy atom. The summed E-state index contributed by atoms with van der Waals surface area (Å²) in [6.07, 6.45) is 1.81. The van der Waals surface area contributed by atoms with Gasteiger partial charge < -0.3 is 15.2 Å². The first kappa shape index (κ1) is 11.6. The van der Waals surface area contributed by atoms with Crippen molar-refractivity contribution < 1.29 is 9.47 Å². The molecular formula is C12H16ClNO2. The Kier molecular flexibility index (Phi) is 3.56. The van der Waals surface area contributed by atoms with Crippen molar-refractivity contribution in [3.05, 3.63) is 22.2 Å². The van der Waals surface area contributed by atoms with Crippen LogP contribution in [0.1, 0.15) is 17.5 Å². The average Bonchev–Trinajstić information content (AvgIpc) is 2.32. The smallest absolute Gasteiger partial charge is 0.165 e. The fraction of sp³-hybridized carbons (Fsp3) is 0.500. The number of aryl methyl sites for hydroxylation is 1. The monoisotopic (exact) mass is 241 g/mol. The van der Waals surface area contributed by atoms with Crippen LogP contribution in [0.25, 0.3) is 0 Å². The molecule has 1 aliphatic rings.